The number of nitrogens with zero attached hydrogens (tertiary/aromatic N) is 1. The zero-order valence-electron chi connectivity index (χ0n) is 13.3. The van der Waals surface area contributed by atoms with Gasteiger partial charge in [-0.1, -0.05) is 30.3 Å². The summed E-state index contributed by atoms with van der Waals surface area (Å²) < 4.78 is 5.66. The van der Waals surface area contributed by atoms with Crippen LogP contribution in [0.15, 0.2) is 51.9 Å². The third kappa shape index (κ3) is 3.32. The quantitative estimate of drug-likeness (QED) is 0.672. The Balaban J connectivity index is 1.55. The molecule has 22 heavy (non-hydrogen) atoms. The molecule has 4 nitrogen and oxygen atoms in total. The van der Waals surface area contributed by atoms with Crippen LogP contribution in [-0.2, 0) is 0 Å². The van der Waals surface area contributed by atoms with Crippen molar-refractivity contribution in [1.29, 1.82) is 0 Å². The number of hydrogen-bond donors (Lipinski definition) is 2. The van der Waals surface area contributed by atoms with Gasteiger partial charge in [0.25, 0.3) is 0 Å². The fourth-order valence-electron chi connectivity index (χ4n) is 2.73. The number of hydrogen-bond acceptors (Lipinski definition) is 2. The van der Waals surface area contributed by atoms with E-state index in [1.807, 2.05) is 19.1 Å². The molecule has 0 amide bonds. The number of guanidine groups is 1. The third-order valence-electron chi connectivity index (χ3n) is 4.11. The fourth-order valence-corrected chi connectivity index (χ4v) is 2.73. The Labute approximate surface area is 131 Å². The van der Waals surface area contributed by atoms with Gasteiger partial charge in [0, 0.05) is 19.0 Å². The SMILES string of the molecule is CN=C(NC(C)c1ccc(C)o1)NC1CC1c1ccccc1. The van der Waals surface area contributed by atoms with Crippen LogP contribution in [0.1, 0.15) is 42.4 Å². The van der Waals surface area contributed by atoms with Crippen LogP contribution in [0.2, 0.25) is 0 Å². The highest BCUT2D eigenvalue weighted by molar-refractivity contribution is 5.80. The highest BCUT2D eigenvalue weighted by atomic mass is 16.3. The number of benzene rings is 1. The average molecular weight is 297 g/mol. The van der Waals surface area contributed by atoms with Gasteiger partial charge in [-0.2, -0.15) is 0 Å². The summed E-state index contributed by atoms with van der Waals surface area (Å²) in [6.45, 7) is 4.03. The molecule has 1 aliphatic rings. The maximum atomic E-state index is 5.66. The molecule has 1 fully saturated rings. The van der Waals surface area contributed by atoms with E-state index in [1.54, 1.807) is 7.05 Å². The second-order valence-electron chi connectivity index (χ2n) is 5.89. The van der Waals surface area contributed by atoms with Gasteiger partial charge in [-0.05, 0) is 38.0 Å². The van der Waals surface area contributed by atoms with E-state index in [4.69, 9.17) is 4.42 Å². The molecule has 116 valence electrons. The second kappa shape index (κ2) is 6.26. The molecule has 2 aromatic rings. The molecule has 0 radical (unpaired) electrons. The molecule has 0 bridgehead atoms. The highest BCUT2D eigenvalue weighted by Gasteiger charge is 2.39. The summed E-state index contributed by atoms with van der Waals surface area (Å²) >= 11 is 0. The normalized spacial score (nSPS) is 22.2. The van der Waals surface area contributed by atoms with Gasteiger partial charge >= 0.3 is 0 Å². The molecular formula is C18H23N3O. The summed E-state index contributed by atoms with van der Waals surface area (Å²) in [4.78, 5) is 4.32. The molecule has 0 aliphatic heterocycles. The predicted octanol–water partition coefficient (Wildman–Crippen LogP) is 3.37. The molecule has 1 aliphatic carbocycles. The molecule has 3 atom stereocenters. The summed E-state index contributed by atoms with van der Waals surface area (Å²) in [5, 5.41) is 6.88. The molecule has 1 aromatic carbocycles. The molecule has 1 heterocycles. The first-order valence-electron chi connectivity index (χ1n) is 7.78. The van der Waals surface area contributed by atoms with Gasteiger partial charge < -0.3 is 15.1 Å². The van der Waals surface area contributed by atoms with Crippen molar-refractivity contribution in [1.82, 2.24) is 10.6 Å². The monoisotopic (exact) mass is 297 g/mol. The van der Waals surface area contributed by atoms with Crippen molar-refractivity contribution in [2.75, 3.05) is 7.05 Å². The molecule has 0 saturated heterocycles. The molecule has 4 heteroatoms. The zero-order valence-corrected chi connectivity index (χ0v) is 13.3. The van der Waals surface area contributed by atoms with Crippen LogP contribution in [0, 0.1) is 6.92 Å². The van der Waals surface area contributed by atoms with Crippen molar-refractivity contribution in [3.05, 3.63) is 59.5 Å². The number of furan rings is 1. The number of rotatable bonds is 4. The molecule has 0 spiro atoms. The lowest BCUT2D eigenvalue weighted by atomic mass is 10.1. The Hall–Kier alpha value is -2.23. The Morgan fingerprint density at radius 1 is 1.23 bits per heavy atom. The Kier molecular flexibility index (Phi) is 4.18. The topological polar surface area (TPSA) is 49.6 Å². The van der Waals surface area contributed by atoms with Gasteiger partial charge in [0.15, 0.2) is 5.96 Å². The van der Waals surface area contributed by atoms with Crippen LogP contribution in [0.5, 0.6) is 0 Å². The number of nitrogens with one attached hydrogen (secondary N) is 2. The maximum Gasteiger partial charge on any atom is 0.191 e. The van der Waals surface area contributed by atoms with Crippen molar-refractivity contribution in [2.45, 2.75) is 38.3 Å². The molecule has 3 rings (SSSR count). The van der Waals surface area contributed by atoms with Gasteiger partial charge in [-0.15, -0.1) is 0 Å². The van der Waals surface area contributed by atoms with Crippen LogP contribution in [0.4, 0.5) is 0 Å². The average Bonchev–Trinajstić information content (AvgIpc) is 3.17. The zero-order chi connectivity index (χ0) is 15.5. The van der Waals surface area contributed by atoms with Crippen LogP contribution in [0.3, 0.4) is 0 Å². The van der Waals surface area contributed by atoms with Crippen LogP contribution in [0.25, 0.3) is 0 Å². The first-order valence-corrected chi connectivity index (χ1v) is 7.78. The fraction of sp³-hybridized carbons (Fsp3) is 0.389. The Morgan fingerprint density at radius 2 is 2.00 bits per heavy atom. The second-order valence-corrected chi connectivity index (χ2v) is 5.89. The minimum Gasteiger partial charge on any atom is -0.464 e. The van der Waals surface area contributed by atoms with E-state index in [-0.39, 0.29) is 6.04 Å². The van der Waals surface area contributed by atoms with E-state index in [9.17, 15) is 0 Å². The van der Waals surface area contributed by atoms with Gasteiger partial charge in [0.05, 0.1) is 6.04 Å². The molecule has 2 N–H and O–H groups in total. The first kappa shape index (κ1) is 14.7. The summed E-state index contributed by atoms with van der Waals surface area (Å²) in [5.74, 6) is 3.26. The third-order valence-corrected chi connectivity index (χ3v) is 4.11. The van der Waals surface area contributed by atoms with E-state index < -0.39 is 0 Å². The van der Waals surface area contributed by atoms with Crippen molar-refractivity contribution >= 4 is 5.96 Å². The molecular weight excluding hydrogens is 274 g/mol. The lowest BCUT2D eigenvalue weighted by Crippen LogP contribution is -2.40. The lowest BCUT2D eigenvalue weighted by molar-refractivity contribution is 0.441. The number of aliphatic imine (C=N–C) groups is 1. The molecule has 3 unspecified atom stereocenters. The minimum atomic E-state index is 0.0915. The first-order chi connectivity index (χ1) is 10.7. The van der Waals surface area contributed by atoms with Crippen molar-refractivity contribution in [3.63, 3.8) is 0 Å². The largest absolute Gasteiger partial charge is 0.464 e. The van der Waals surface area contributed by atoms with E-state index in [2.05, 4.69) is 52.9 Å². The summed E-state index contributed by atoms with van der Waals surface area (Å²) in [5.41, 5.74) is 1.39. The van der Waals surface area contributed by atoms with Gasteiger partial charge in [0.1, 0.15) is 11.5 Å². The van der Waals surface area contributed by atoms with E-state index in [1.165, 1.54) is 5.56 Å². The smallest absolute Gasteiger partial charge is 0.191 e. The van der Waals surface area contributed by atoms with E-state index in [0.717, 1.165) is 23.9 Å². The van der Waals surface area contributed by atoms with Crippen LogP contribution >= 0.6 is 0 Å². The number of aryl methyl sites for hydroxylation is 1. The minimum absolute atomic E-state index is 0.0915. The van der Waals surface area contributed by atoms with Crippen LogP contribution in [-0.4, -0.2) is 19.0 Å². The summed E-state index contributed by atoms with van der Waals surface area (Å²) in [7, 11) is 1.80. The van der Waals surface area contributed by atoms with Gasteiger partial charge in [0.2, 0.25) is 0 Å². The van der Waals surface area contributed by atoms with E-state index >= 15 is 0 Å². The maximum absolute atomic E-state index is 5.66. The summed E-state index contributed by atoms with van der Waals surface area (Å²) in [6, 6.07) is 15.2. The van der Waals surface area contributed by atoms with Gasteiger partial charge in [-0.3, -0.25) is 4.99 Å². The standard InChI is InChI=1S/C18H23N3O/c1-12-9-10-17(22-12)13(2)20-18(19-3)21-16-11-15(16)14-7-5-4-6-8-14/h4-10,13,15-16H,11H2,1-3H3,(H2,19,20,21). The van der Waals surface area contributed by atoms with E-state index in [0.29, 0.717) is 12.0 Å². The lowest BCUT2D eigenvalue weighted by Gasteiger charge is -2.16. The van der Waals surface area contributed by atoms with Gasteiger partial charge in [-0.25, -0.2) is 0 Å². The summed E-state index contributed by atoms with van der Waals surface area (Å²) in [6.07, 6.45) is 1.15. The Bertz CT molecular complexity index is 647. The van der Waals surface area contributed by atoms with Crippen LogP contribution < -0.4 is 10.6 Å². The Morgan fingerprint density at radius 3 is 2.64 bits per heavy atom. The highest BCUT2D eigenvalue weighted by Crippen LogP contribution is 2.40. The van der Waals surface area contributed by atoms with Crippen molar-refractivity contribution in [2.24, 2.45) is 4.99 Å². The molecule has 1 aromatic heterocycles. The predicted molar refractivity (Wildman–Crippen MR) is 89.1 cm³/mol. The van der Waals surface area contributed by atoms with Crippen molar-refractivity contribution in [3.8, 4) is 0 Å². The van der Waals surface area contributed by atoms with Crippen molar-refractivity contribution < 1.29 is 4.42 Å². The molecule has 1 saturated carbocycles.